The average molecular weight is 402 g/mol. The number of aromatic amines is 1. The number of fused-ring (bicyclic) bond motifs is 1. The number of nitrogens with zero attached hydrogens (tertiary/aromatic N) is 2. The first-order valence-electron chi connectivity index (χ1n) is 7.44. The van der Waals surface area contributed by atoms with Crippen LogP contribution < -0.4 is 60.9 Å². The summed E-state index contributed by atoms with van der Waals surface area (Å²) < 4.78 is 23.3. The van der Waals surface area contributed by atoms with E-state index in [-0.39, 0.29) is 62.6 Å². The molecule has 0 aliphatic heterocycles. The molecule has 0 saturated carbocycles. The van der Waals surface area contributed by atoms with E-state index < -0.39 is 10.8 Å². The summed E-state index contributed by atoms with van der Waals surface area (Å²) in [5, 5.41) is 0.430. The quantitative estimate of drug-likeness (QED) is 0.590. The maximum Gasteiger partial charge on any atom is 1.00 e. The molecule has 2 N–H and O–H groups in total. The SMILES string of the molecule is COc1ccc2nc([S@@](=O)Cc3ncc(C)c(OC)c3C)[nH]c2c1.[K+].[OH-]. The van der Waals surface area contributed by atoms with Gasteiger partial charge in [-0.2, -0.15) is 0 Å². The van der Waals surface area contributed by atoms with Gasteiger partial charge in [-0.05, 0) is 26.0 Å². The van der Waals surface area contributed by atoms with Crippen LogP contribution in [0, 0.1) is 13.8 Å². The topological polar surface area (TPSA) is 107 Å². The van der Waals surface area contributed by atoms with Crippen molar-refractivity contribution >= 4 is 21.8 Å². The Labute approximate surface area is 197 Å². The van der Waals surface area contributed by atoms with Crippen molar-refractivity contribution in [2.75, 3.05) is 14.2 Å². The first-order valence-corrected chi connectivity index (χ1v) is 8.76. The fourth-order valence-electron chi connectivity index (χ4n) is 2.61. The maximum atomic E-state index is 12.7. The van der Waals surface area contributed by atoms with Crippen LogP contribution in [-0.4, -0.2) is 38.9 Å². The number of benzene rings is 1. The Hall–Kier alpha value is -0.814. The van der Waals surface area contributed by atoms with Crippen LogP contribution in [0.25, 0.3) is 11.0 Å². The second-order valence-corrected chi connectivity index (χ2v) is 6.83. The van der Waals surface area contributed by atoms with E-state index >= 15 is 0 Å². The van der Waals surface area contributed by atoms with E-state index in [2.05, 4.69) is 15.0 Å². The average Bonchev–Trinajstić information content (AvgIpc) is 3.01. The fourth-order valence-corrected chi connectivity index (χ4v) is 3.71. The molecule has 3 aromatic rings. The van der Waals surface area contributed by atoms with E-state index in [9.17, 15) is 4.21 Å². The number of H-pyrrole nitrogens is 1. The Morgan fingerprint density at radius 3 is 2.58 bits per heavy atom. The Kier molecular flexibility index (Phi) is 8.87. The number of methoxy groups -OCH3 is 2. The van der Waals surface area contributed by atoms with Crippen molar-refractivity contribution in [1.82, 2.24) is 15.0 Å². The number of ether oxygens (including phenoxy) is 2. The van der Waals surface area contributed by atoms with Gasteiger partial charge in [-0.25, -0.2) is 4.98 Å². The number of rotatable bonds is 5. The van der Waals surface area contributed by atoms with Crippen LogP contribution >= 0.6 is 0 Å². The Bertz CT molecular complexity index is 930. The molecule has 0 aliphatic rings. The number of imidazole rings is 1. The molecule has 26 heavy (non-hydrogen) atoms. The molecule has 1 aromatic carbocycles. The van der Waals surface area contributed by atoms with Crippen LogP contribution in [0.1, 0.15) is 16.8 Å². The van der Waals surface area contributed by atoms with Gasteiger partial charge in [-0.1, -0.05) is 0 Å². The molecule has 0 unspecified atom stereocenters. The molecule has 0 radical (unpaired) electrons. The van der Waals surface area contributed by atoms with E-state index in [1.807, 2.05) is 32.0 Å². The summed E-state index contributed by atoms with van der Waals surface area (Å²) in [4.78, 5) is 11.9. The van der Waals surface area contributed by atoms with E-state index in [0.717, 1.165) is 39.4 Å². The molecule has 2 aromatic heterocycles. The summed E-state index contributed by atoms with van der Waals surface area (Å²) >= 11 is 0. The first kappa shape index (κ1) is 23.2. The van der Waals surface area contributed by atoms with Crippen LogP contribution in [0.2, 0.25) is 0 Å². The summed E-state index contributed by atoms with van der Waals surface area (Å²) in [6, 6.07) is 5.50. The Balaban J connectivity index is 0.00000169. The first-order chi connectivity index (χ1) is 11.5. The second-order valence-electron chi connectivity index (χ2n) is 5.46. The van der Waals surface area contributed by atoms with Crippen molar-refractivity contribution in [3.05, 3.63) is 41.2 Å². The summed E-state index contributed by atoms with van der Waals surface area (Å²) in [6.07, 6.45) is 1.74. The van der Waals surface area contributed by atoms with Gasteiger partial charge in [-0.15, -0.1) is 0 Å². The standard InChI is InChI=1S/C17H19N3O3S.K.H2O/c1-10-8-18-15(11(2)16(10)23-4)9-24(21)17-19-13-6-5-12(22-3)7-14(13)20-17;;/h5-8H,9H2,1-4H3,(H,19,20);;1H2/q;+1;/p-1/t24-;;/m0../s1. The van der Waals surface area contributed by atoms with Crippen molar-refractivity contribution in [2.45, 2.75) is 24.8 Å². The predicted octanol–water partition coefficient (Wildman–Crippen LogP) is -0.273. The molecule has 3 rings (SSSR count). The summed E-state index contributed by atoms with van der Waals surface area (Å²) in [5.74, 6) is 1.79. The molecular weight excluding hydrogens is 381 g/mol. The molecule has 0 bridgehead atoms. The van der Waals surface area contributed by atoms with E-state index in [0.29, 0.717) is 5.16 Å². The summed E-state index contributed by atoms with van der Waals surface area (Å²) in [6.45, 7) is 3.86. The second kappa shape index (κ2) is 9.93. The summed E-state index contributed by atoms with van der Waals surface area (Å²) in [7, 11) is 1.91. The molecule has 0 aliphatic carbocycles. The van der Waals surface area contributed by atoms with Crippen molar-refractivity contribution in [3.63, 3.8) is 0 Å². The molecule has 9 heteroatoms. The van der Waals surface area contributed by atoms with Gasteiger partial charge in [0.2, 0.25) is 0 Å². The largest absolute Gasteiger partial charge is 1.00 e. The molecule has 2 heterocycles. The zero-order valence-corrected chi connectivity index (χ0v) is 19.4. The molecule has 0 spiro atoms. The molecule has 1 atom stereocenters. The third-order valence-corrected chi connectivity index (χ3v) is 5.06. The summed E-state index contributed by atoms with van der Waals surface area (Å²) in [5.41, 5.74) is 4.16. The minimum absolute atomic E-state index is 0. The zero-order valence-electron chi connectivity index (χ0n) is 15.5. The van der Waals surface area contributed by atoms with Crippen LogP contribution in [0.4, 0.5) is 0 Å². The fraction of sp³-hybridized carbons (Fsp3) is 0.294. The number of aromatic nitrogens is 3. The van der Waals surface area contributed by atoms with E-state index in [1.54, 1.807) is 20.4 Å². The van der Waals surface area contributed by atoms with Crippen LogP contribution in [0.15, 0.2) is 29.6 Å². The number of nitrogens with one attached hydrogen (secondary N) is 1. The Morgan fingerprint density at radius 1 is 1.19 bits per heavy atom. The van der Waals surface area contributed by atoms with Crippen LogP contribution in [0.5, 0.6) is 11.5 Å². The Morgan fingerprint density at radius 2 is 1.92 bits per heavy atom. The van der Waals surface area contributed by atoms with Crippen LogP contribution in [-0.2, 0) is 16.6 Å². The molecule has 0 saturated heterocycles. The number of hydrogen-bond donors (Lipinski definition) is 1. The van der Waals surface area contributed by atoms with Crippen molar-refractivity contribution in [3.8, 4) is 11.5 Å². The van der Waals surface area contributed by atoms with Gasteiger partial charge in [0.25, 0.3) is 0 Å². The van der Waals surface area contributed by atoms with Gasteiger partial charge < -0.3 is 19.9 Å². The number of aryl methyl sites for hydroxylation is 1. The minimum Gasteiger partial charge on any atom is -0.870 e. The van der Waals surface area contributed by atoms with Gasteiger partial charge >= 0.3 is 51.4 Å². The van der Waals surface area contributed by atoms with Gasteiger partial charge in [0.1, 0.15) is 11.5 Å². The van der Waals surface area contributed by atoms with E-state index in [1.165, 1.54) is 0 Å². The number of pyridine rings is 1. The smallest absolute Gasteiger partial charge is 0.870 e. The van der Waals surface area contributed by atoms with Crippen LogP contribution in [0.3, 0.4) is 0 Å². The molecular formula is C17H20KN3O4S. The monoisotopic (exact) mass is 401 g/mol. The molecule has 7 nitrogen and oxygen atoms in total. The predicted molar refractivity (Wildman–Crippen MR) is 95.0 cm³/mol. The third kappa shape index (κ3) is 4.72. The molecule has 134 valence electrons. The number of hydrogen-bond acceptors (Lipinski definition) is 6. The van der Waals surface area contributed by atoms with E-state index in [4.69, 9.17) is 9.47 Å². The molecule has 0 amide bonds. The van der Waals surface area contributed by atoms with Gasteiger partial charge in [0.15, 0.2) is 5.16 Å². The zero-order chi connectivity index (χ0) is 17.3. The van der Waals surface area contributed by atoms with Crippen molar-refractivity contribution in [2.24, 2.45) is 0 Å². The van der Waals surface area contributed by atoms with Gasteiger partial charge in [0.05, 0.1) is 47.5 Å². The minimum atomic E-state index is -1.33. The van der Waals surface area contributed by atoms with Gasteiger partial charge in [0, 0.05) is 23.4 Å². The van der Waals surface area contributed by atoms with Crippen molar-refractivity contribution in [1.29, 1.82) is 0 Å². The third-order valence-electron chi connectivity index (χ3n) is 3.90. The maximum absolute atomic E-state index is 12.7. The normalized spacial score (nSPS) is 11.4. The molecule has 0 fully saturated rings. The van der Waals surface area contributed by atoms with Crippen molar-refractivity contribution < 1.29 is 70.5 Å². The van der Waals surface area contributed by atoms with Gasteiger partial charge in [-0.3, -0.25) is 9.19 Å².